The smallest absolute Gasteiger partial charge is 0.416 e. The van der Waals surface area contributed by atoms with Gasteiger partial charge in [0.2, 0.25) is 11.8 Å². The first kappa shape index (κ1) is 24.6. The van der Waals surface area contributed by atoms with E-state index >= 15 is 0 Å². The average Bonchev–Trinajstić information content (AvgIpc) is 3.47. The molecule has 2 saturated heterocycles. The lowest BCUT2D eigenvalue weighted by molar-refractivity contribution is -0.137. The van der Waals surface area contributed by atoms with Crippen LogP contribution in [0.3, 0.4) is 0 Å². The molecule has 3 aliphatic rings. The molecule has 2 bridgehead atoms. The van der Waals surface area contributed by atoms with E-state index in [1.807, 2.05) is 0 Å². The van der Waals surface area contributed by atoms with E-state index in [0.29, 0.717) is 5.02 Å². The first-order chi connectivity index (χ1) is 17.0. The van der Waals surface area contributed by atoms with Gasteiger partial charge in [-0.2, -0.15) is 13.2 Å². The van der Waals surface area contributed by atoms with E-state index in [9.17, 15) is 27.6 Å². The molecule has 7 nitrogen and oxygen atoms in total. The number of anilines is 1. The second kappa shape index (κ2) is 8.79. The summed E-state index contributed by atoms with van der Waals surface area (Å²) >= 11 is 11.9. The zero-order valence-electron chi connectivity index (χ0n) is 18.2. The van der Waals surface area contributed by atoms with Gasteiger partial charge in [-0.3, -0.25) is 14.4 Å². The summed E-state index contributed by atoms with van der Waals surface area (Å²) in [6.07, 6.45) is -2.14. The Morgan fingerprint density at radius 3 is 2.64 bits per heavy atom. The Morgan fingerprint density at radius 1 is 1.14 bits per heavy atom. The number of amides is 3. The fraction of sp³-hybridized carbons (Fsp3) is 0.292. The third kappa shape index (κ3) is 4.12. The summed E-state index contributed by atoms with van der Waals surface area (Å²) in [4.78, 5) is 39.6. The minimum atomic E-state index is -4.63. The summed E-state index contributed by atoms with van der Waals surface area (Å²) in [7, 11) is 0. The van der Waals surface area contributed by atoms with Crippen molar-refractivity contribution in [3.05, 3.63) is 70.2 Å². The largest absolute Gasteiger partial charge is 0.482 e. The third-order valence-electron chi connectivity index (χ3n) is 6.40. The number of nitrogens with zero attached hydrogens (tertiary/aromatic N) is 1. The highest BCUT2D eigenvalue weighted by Gasteiger charge is 2.67. The third-order valence-corrected chi connectivity index (χ3v) is 6.93. The van der Waals surface area contributed by atoms with Gasteiger partial charge in [0.15, 0.2) is 6.61 Å². The van der Waals surface area contributed by atoms with E-state index in [0.717, 1.165) is 23.1 Å². The van der Waals surface area contributed by atoms with Crippen LogP contribution in [0.15, 0.2) is 54.6 Å². The molecular weight excluding hydrogens is 524 g/mol. The van der Waals surface area contributed by atoms with Gasteiger partial charge in [-0.15, -0.1) is 0 Å². The van der Waals surface area contributed by atoms with E-state index in [2.05, 4.69) is 5.32 Å². The molecule has 4 atom stereocenters. The topological polar surface area (TPSA) is 84.9 Å². The van der Waals surface area contributed by atoms with E-state index in [1.54, 1.807) is 18.2 Å². The van der Waals surface area contributed by atoms with Crippen molar-refractivity contribution in [3.63, 3.8) is 0 Å². The Morgan fingerprint density at radius 2 is 1.92 bits per heavy atom. The summed E-state index contributed by atoms with van der Waals surface area (Å²) in [5.41, 5.74) is -2.45. The van der Waals surface area contributed by atoms with Gasteiger partial charge >= 0.3 is 6.18 Å². The minimum absolute atomic E-state index is 0.146. The number of imide groups is 1. The van der Waals surface area contributed by atoms with Gasteiger partial charge in [-0.1, -0.05) is 41.4 Å². The molecule has 5 rings (SSSR count). The molecule has 1 N–H and O–H groups in total. The Bertz CT molecular complexity index is 1300. The fourth-order valence-electron chi connectivity index (χ4n) is 4.81. The second-order valence-corrected chi connectivity index (χ2v) is 9.44. The Balaban J connectivity index is 1.30. The number of carbonyl (C=O) groups is 3. The maximum Gasteiger partial charge on any atom is 0.416 e. The number of hydrogen-bond acceptors (Lipinski definition) is 5. The predicted molar refractivity (Wildman–Crippen MR) is 123 cm³/mol. The van der Waals surface area contributed by atoms with Gasteiger partial charge in [0.05, 0.1) is 40.8 Å². The SMILES string of the molecule is O=C(COc1ccc(Cl)cc1Cl)NC[C@@]12C=C[C@@H](O1)[C@@H]1C(=O)N(c3cccc(C(F)(F)F)c3)C(=O)[C@H]12. The number of alkyl halides is 3. The van der Waals surface area contributed by atoms with Crippen LogP contribution in [0.25, 0.3) is 0 Å². The summed E-state index contributed by atoms with van der Waals surface area (Å²) in [6.45, 7) is -0.533. The number of benzene rings is 2. The van der Waals surface area contributed by atoms with Crippen LogP contribution in [0, 0.1) is 11.8 Å². The quantitative estimate of drug-likeness (QED) is 0.442. The number of nitrogens with one attached hydrogen (secondary N) is 1. The van der Waals surface area contributed by atoms with Crippen molar-refractivity contribution in [2.75, 3.05) is 18.1 Å². The lowest BCUT2D eigenvalue weighted by atomic mass is 9.77. The van der Waals surface area contributed by atoms with Gasteiger partial charge in [-0.05, 0) is 36.4 Å². The number of halogens is 5. The van der Waals surface area contributed by atoms with Crippen molar-refractivity contribution in [2.24, 2.45) is 11.8 Å². The summed E-state index contributed by atoms with van der Waals surface area (Å²) in [6, 6.07) is 8.56. The first-order valence-electron chi connectivity index (χ1n) is 10.8. The molecule has 2 aromatic rings. The summed E-state index contributed by atoms with van der Waals surface area (Å²) in [5.74, 6) is -3.52. The Kier molecular flexibility index (Phi) is 6.01. The van der Waals surface area contributed by atoms with Crippen molar-refractivity contribution in [1.82, 2.24) is 5.32 Å². The van der Waals surface area contributed by atoms with Crippen LogP contribution in [0.5, 0.6) is 5.75 Å². The normalized spacial score (nSPS) is 26.5. The first-order valence-corrected chi connectivity index (χ1v) is 11.5. The van der Waals surface area contributed by atoms with Crippen molar-refractivity contribution < 1.29 is 37.0 Å². The molecule has 0 aromatic heterocycles. The molecule has 0 saturated carbocycles. The second-order valence-electron chi connectivity index (χ2n) is 8.60. The maximum absolute atomic E-state index is 13.3. The minimum Gasteiger partial charge on any atom is -0.482 e. The zero-order chi connectivity index (χ0) is 25.8. The van der Waals surface area contributed by atoms with Crippen LogP contribution in [0.2, 0.25) is 10.0 Å². The highest BCUT2D eigenvalue weighted by molar-refractivity contribution is 6.35. The van der Waals surface area contributed by atoms with E-state index in [4.69, 9.17) is 32.7 Å². The predicted octanol–water partition coefficient (Wildman–Crippen LogP) is 4.02. The standard InChI is InChI=1S/C24H17Cl2F3N2O5/c25-13-4-5-16(15(26)9-13)35-10-18(32)30-11-23-7-6-17(36-23)19-20(23)22(34)31(21(19)33)14-3-1-2-12(8-14)24(27,28)29/h1-9,17,19-20H,10-11H2,(H,30,32)/t17-,19+,20+,23-/m1/s1. The van der Waals surface area contributed by atoms with Gasteiger partial charge in [0.1, 0.15) is 11.4 Å². The average molecular weight is 541 g/mol. The van der Waals surface area contributed by atoms with Crippen LogP contribution >= 0.6 is 23.2 Å². The molecule has 0 spiro atoms. The van der Waals surface area contributed by atoms with Gasteiger partial charge in [0, 0.05) is 5.02 Å². The van der Waals surface area contributed by atoms with E-state index in [1.165, 1.54) is 18.2 Å². The summed E-state index contributed by atoms with van der Waals surface area (Å²) < 4.78 is 50.9. The van der Waals surface area contributed by atoms with Crippen molar-refractivity contribution in [1.29, 1.82) is 0 Å². The maximum atomic E-state index is 13.3. The molecule has 2 fully saturated rings. The van der Waals surface area contributed by atoms with Gasteiger partial charge in [-0.25, -0.2) is 4.90 Å². The molecule has 0 radical (unpaired) electrons. The van der Waals surface area contributed by atoms with E-state index in [-0.39, 0.29) is 29.6 Å². The summed E-state index contributed by atoms with van der Waals surface area (Å²) in [5, 5.41) is 3.26. The number of rotatable bonds is 6. The van der Waals surface area contributed by atoms with Crippen molar-refractivity contribution in [3.8, 4) is 5.75 Å². The van der Waals surface area contributed by atoms with Crippen LogP contribution in [-0.4, -0.2) is 42.6 Å². The van der Waals surface area contributed by atoms with Gasteiger partial charge < -0.3 is 14.8 Å². The Hall–Kier alpha value is -3.08. The molecule has 36 heavy (non-hydrogen) atoms. The molecule has 2 aromatic carbocycles. The number of fused-ring (bicyclic) bond motifs is 5. The number of carbonyl (C=O) groups excluding carboxylic acids is 3. The molecular formula is C24H17Cl2F3N2O5. The number of ether oxygens (including phenoxy) is 2. The van der Waals surface area contributed by atoms with Crippen molar-refractivity contribution in [2.45, 2.75) is 17.9 Å². The van der Waals surface area contributed by atoms with Gasteiger partial charge in [0.25, 0.3) is 5.91 Å². The number of hydrogen-bond donors (Lipinski definition) is 1. The molecule has 188 valence electrons. The van der Waals surface area contributed by atoms with E-state index < -0.39 is 53.0 Å². The van der Waals surface area contributed by atoms with Crippen LogP contribution in [0.4, 0.5) is 18.9 Å². The lowest BCUT2D eigenvalue weighted by Gasteiger charge is -2.29. The molecule has 3 aliphatic heterocycles. The highest BCUT2D eigenvalue weighted by atomic mass is 35.5. The molecule has 3 amide bonds. The van der Waals surface area contributed by atoms with Crippen LogP contribution in [-0.2, 0) is 25.3 Å². The van der Waals surface area contributed by atoms with Crippen molar-refractivity contribution >= 4 is 46.6 Å². The molecule has 12 heteroatoms. The highest BCUT2D eigenvalue weighted by Crippen LogP contribution is 2.52. The molecule has 0 aliphatic carbocycles. The zero-order valence-corrected chi connectivity index (χ0v) is 19.7. The molecule has 3 heterocycles. The monoisotopic (exact) mass is 540 g/mol. The molecule has 0 unspecified atom stereocenters. The van der Waals surface area contributed by atoms with Crippen LogP contribution in [0.1, 0.15) is 5.56 Å². The Labute approximate surface area is 212 Å². The lowest BCUT2D eigenvalue weighted by Crippen LogP contribution is -2.49. The fourth-order valence-corrected chi connectivity index (χ4v) is 5.27. The van der Waals surface area contributed by atoms with Crippen LogP contribution < -0.4 is 15.0 Å².